The Balaban J connectivity index is 1.40. The molecular formula is C21H20N6O2. The molecule has 1 aliphatic heterocycles. The number of H-pyrrole nitrogens is 1. The standard InChI is InChI=1S/C21H20N6O2/c1-14-2-7-18-17(12-14)19-20(24-18)21(23-13-22-19)26-10-8-25(9-11-26)15-3-5-16(6-4-15)27(28)29/h2-7,12-13,24H,8-11H2,1H3. The molecule has 5 rings (SSSR count). The number of aryl methyl sites for hydroxylation is 1. The van der Waals surface area contributed by atoms with Gasteiger partial charge in [0.15, 0.2) is 5.82 Å². The van der Waals surface area contributed by atoms with Gasteiger partial charge in [-0.1, -0.05) is 11.6 Å². The van der Waals surface area contributed by atoms with Crippen molar-refractivity contribution in [3.05, 3.63) is 64.5 Å². The molecule has 0 amide bonds. The number of fused-ring (bicyclic) bond motifs is 3. The van der Waals surface area contributed by atoms with Crippen LogP contribution in [0.3, 0.4) is 0 Å². The first-order valence-electron chi connectivity index (χ1n) is 9.57. The van der Waals surface area contributed by atoms with E-state index in [4.69, 9.17) is 0 Å². The van der Waals surface area contributed by atoms with E-state index in [0.29, 0.717) is 0 Å². The van der Waals surface area contributed by atoms with Crippen molar-refractivity contribution in [3.63, 3.8) is 0 Å². The van der Waals surface area contributed by atoms with Crippen molar-refractivity contribution in [1.29, 1.82) is 0 Å². The van der Waals surface area contributed by atoms with Gasteiger partial charge in [-0.15, -0.1) is 0 Å². The second-order valence-corrected chi connectivity index (χ2v) is 7.34. The van der Waals surface area contributed by atoms with Crippen molar-refractivity contribution in [2.75, 3.05) is 36.0 Å². The Hall–Kier alpha value is -3.68. The van der Waals surface area contributed by atoms with Crippen LogP contribution in [0.5, 0.6) is 0 Å². The highest BCUT2D eigenvalue weighted by Gasteiger charge is 2.22. The largest absolute Gasteiger partial charge is 0.368 e. The second-order valence-electron chi connectivity index (χ2n) is 7.34. The van der Waals surface area contributed by atoms with Crippen LogP contribution in [0.15, 0.2) is 48.8 Å². The monoisotopic (exact) mass is 388 g/mol. The maximum Gasteiger partial charge on any atom is 0.269 e. The SMILES string of the molecule is Cc1ccc2[nH]c3c(N4CCN(c5ccc([N+](=O)[O-])cc5)CC4)ncnc3c2c1. The number of nitro benzene ring substituents is 1. The van der Waals surface area contributed by atoms with E-state index < -0.39 is 0 Å². The van der Waals surface area contributed by atoms with Gasteiger partial charge in [0.25, 0.3) is 5.69 Å². The molecule has 0 bridgehead atoms. The minimum Gasteiger partial charge on any atom is -0.368 e. The zero-order valence-electron chi connectivity index (χ0n) is 16.0. The molecule has 2 aromatic heterocycles. The molecule has 1 aliphatic rings. The first-order valence-corrected chi connectivity index (χ1v) is 9.57. The van der Waals surface area contributed by atoms with Crippen molar-refractivity contribution < 1.29 is 4.92 Å². The second kappa shape index (κ2) is 6.73. The van der Waals surface area contributed by atoms with Gasteiger partial charge in [0.05, 0.1) is 4.92 Å². The highest BCUT2D eigenvalue weighted by Crippen LogP contribution is 2.30. The summed E-state index contributed by atoms with van der Waals surface area (Å²) in [7, 11) is 0. The predicted octanol–water partition coefficient (Wildman–Crippen LogP) is 3.65. The smallest absolute Gasteiger partial charge is 0.269 e. The van der Waals surface area contributed by atoms with Crippen LogP contribution in [-0.2, 0) is 0 Å². The van der Waals surface area contributed by atoms with Gasteiger partial charge in [-0.3, -0.25) is 10.1 Å². The van der Waals surface area contributed by atoms with E-state index in [1.807, 2.05) is 12.1 Å². The molecule has 0 radical (unpaired) electrons. The maximum absolute atomic E-state index is 10.8. The van der Waals surface area contributed by atoms with Gasteiger partial charge in [-0.25, -0.2) is 9.97 Å². The predicted molar refractivity (Wildman–Crippen MR) is 114 cm³/mol. The number of non-ortho nitro benzene ring substituents is 1. The summed E-state index contributed by atoms with van der Waals surface area (Å²) in [5, 5.41) is 12.0. The van der Waals surface area contributed by atoms with E-state index in [1.54, 1.807) is 18.5 Å². The summed E-state index contributed by atoms with van der Waals surface area (Å²) >= 11 is 0. The lowest BCUT2D eigenvalue weighted by Crippen LogP contribution is -2.46. The van der Waals surface area contributed by atoms with Crippen molar-refractivity contribution in [1.82, 2.24) is 15.0 Å². The molecule has 0 aliphatic carbocycles. The number of hydrogen-bond donors (Lipinski definition) is 1. The lowest BCUT2D eigenvalue weighted by Gasteiger charge is -2.36. The number of aromatic amines is 1. The number of nitrogens with one attached hydrogen (secondary N) is 1. The first-order chi connectivity index (χ1) is 14.1. The van der Waals surface area contributed by atoms with Crippen molar-refractivity contribution in [2.45, 2.75) is 6.92 Å². The molecule has 1 N–H and O–H groups in total. The Labute approximate surface area is 166 Å². The average Bonchev–Trinajstić information content (AvgIpc) is 3.12. The van der Waals surface area contributed by atoms with Gasteiger partial charge < -0.3 is 14.8 Å². The van der Waals surface area contributed by atoms with Crippen LogP contribution in [0.4, 0.5) is 17.2 Å². The summed E-state index contributed by atoms with van der Waals surface area (Å²) in [6.45, 7) is 5.36. The number of hydrogen-bond acceptors (Lipinski definition) is 6. The molecule has 2 aromatic carbocycles. The molecule has 1 fully saturated rings. The van der Waals surface area contributed by atoms with Gasteiger partial charge in [-0.05, 0) is 31.2 Å². The first kappa shape index (κ1) is 17.4. The number of rotatable bonds is 3. The molecule has 29 heavy (non-hydrogen) atoms. The van der Waals surface area contributed by atoms with Crippen LogP contribution >= 0.6 is 0 Å². The molecule has 0 atom stereocenters. The molecule has 4 aromatic rings. The average molecular weight is 388 g/mol. The van der Waals surface area contributed by atoms with Gasteiger partial charge in [-0.2, -0.15) is 0 Å². The zero-order chi connectivity index (χ0) is 20.0. The third-order valence-corrected chi connectivity index (χ3v) is 5.52. The number of anilines is 2. The summed E-state index contributed by atoms with van der Waals surface area (Å²) < 4.78 is 0. The van der Waals surface area contributed by atoms with E-state index in [1.165, 1.54) is 5.56 Å². The Morgan fingerprint density at radius 1 is 1.00 bits per heavy atom. The van der Waals surface area contributed by atoms with Crippen LogP contribution in [0.1, 0.15) is 5.56 Å². The highest BCUT2D eigenvalue weighted by atomic mass is 16.6. The lowest BCUT2D eigenvalue weighted by atomic mass is 10.1. The third kappa shape index (κ3) is 3.02. The van der Waals surface area contributed by atoms with Crippen LogP contribution in [0.25, 0.3) is 21.9 Å². The van der Waals surface area contributed by atoms with Gasteiger partial charge in [0, 0.05) is 54.9 Å². The molecular weight excluding hydrogens is 368 g/mol. The fraction of sp³-hybridized carbons (Fsp3) is 0.238. The number of nitrogens with zero attached hydrogens (tertiary/aromatic N) is 5. The van der Waals surface area contributed by atoms with Crippen molar-refractivity contribution >= 4 is 39.1 Å². The normalized spacial score (nSPS) is 14.7. The van der Waals surface area contributed by atoms with E-state index in [0.717, 1.165) is 59.6 Å². The molecule has 146 valence electrons. The fourth-order valence-electron chi connectivity index (χ4n) is 3.99. The summed E-state index contributed by atoms with van der Waals surface area (Å²) in [4.78, 5) is 27.6. The Kier molecular flexibility index (Phi) is 4.04. The molecule has 8 heteroatoms. The minimum absolute atomic E-state index is 0.116. The van der Waals surface area contributed by atoms with Gasteiger partial charge in [0.1, 0.15) is 17.4 Å². The Morgan fingerprint density at radius 3 is 2.45 bits per heavy atom. The number of aromatic nitrogens is 3. The number of piperazine rings is 1. The quantitative estimate of drug-likeness (QED) is 0.425. The van der Waals surface area contributed by atoms with Crippen LogP contribution < -0.4 is 9.80 Å². The summed E-state index contributed by atoms with van der Waals surface area (Å²) in [5.41, 5.74) is 5.31. The molecule has 1 saturated heterocycles. The number of nitro groups is 1. The van der Waals surface area contributed by atoms with E-state index in [9.17, 15) is 10.1 Å². The molecule has 3 heterocycles. The highest BCUT2D eigenvalue weighted by molar-refractivity contribution is 6.08. The van der Waals surface area contributed by atoms with E-state index in [2.05, 4.69) is 49.9 Å². The summed E-state index contributed by atoms with van der Waals surface area (Å²) in [5.74, 6) is 0.923. The molecule has 8 nitrogen and oxygen atoms in total. The fourth-order valence-corrected chi connectivity index (χ4v) is 3.99. The van der Waals surface area contributed by atoms with Crippen molar-refractivity contribution in [3.8, 4) is 0 Å². The van der Waals surface area contributed by atoms with E-state index in [-0.39, 0.29) is 10.6 Å². The Morgan fingerprint density at radius 2 is 1.72 bits per heavy atom. The third-order valence-electron chi connectivity index (χ3n) is 5.52. The van der Waals surface area contributed by atoms with Crippen molar-refractivity contribution in [2.24, 2.45) is 0 Å². The Bertz CT molecular complexity index is 1210. The van der Waals surface area contributed by atoms with Gasteiger partial charge in [0.2, 0.25) is 0 Å². The lowest BCUT2D eigenvalue weighted by molar-refractivity contribution is -0.384. The maximum atomic E-state index is 10.8. The molecule has 0 saturated carbocycles. The van der Waals surface area contributed by atoms with Crippen LogP contribution in [0, 0.1) is 17.0 Å². The summed E-state index contributed by atoms with van der Waals surface area (Å²) in [6.07, 6.45) is 1.63. The number of benzene rings is 2. The molecule has 0 unspecified atom stereocenters. The summed E-state index contributed by atoms with van der Waals surface area (Å²) in [6, 6.07) is 13.1. The molecule has 0 spiro atoms. The zero-order valence-corrected chi connectivity index (χ0v) is 16.0. The van der Waals surface area contributed by atoms with Gasteiger partial charge >= 0.3 is 0 Å². The van der Waals surface area contributed by atoms with Crippen LogP contribution in [0.2, 0.25) is 0 Å². The minimum atomic E-state index is -0.371. The van der Waals surface area contributed by atoms with Crippen LogP contribution in [-0.4, -0.2) is 46.1 Å². The van der Waals surface area contributed by atoms with E-state index >= 15 is 0 Å². The topological polar surface area (TPSA) is 91.2 Å².